The van der Waals surface area contributed by atoms with Crippen LogP contribution < -0.4 is 36.4 Å². The van der Waals surface area contributed by atoms with Crippen molar-refractivity contribution in [2.75, 3.05) is 0 Å². The highest BCUT2D eigenvalue weighted by atomic mass is 127. The van der Waals surface area contributed by atoms with Gasteiger partial charge in [-0.25, -0.2) is 0 Å². The SMILES string of the molecule is FC(F)(F)C(F)(F)C(F)(F)C(F)(F)C(F)(F)C(F)(F)C(F)(F)C(F)(F)[N+](F)(F)F.FC(F)(F)C(F)(F)C(F)(F)C(F)(F)C(F)(F)C(F)(F)C(F)(F)C(F)(F)[N+](F)(F)F.[Cl-].[I-]. The van der Waals surface area contributed by atoms with Gasteiger partial charge in [-0.05, 0) is 0 Å². The Morgan fingerprint density at radius 2 is 0.283 bits per heavy atom. The lowest BCUT2D eigenvalue weighted by atomic mass is 9.90. The Kier molecular flexibility index (Phi) is 17.3. The molecule has 0 aliphatic carbocycles. The van der Waals surface area contributed by atoms with Gasteiger partial charge in [0.1, 0.15) is 0 Å². The van der Waals surface area contributed by atoms with Crippen molar-refractivity contribution in [3.8, 4) is 0 Å². The van der Waals surface area contributed by atoms with E-state index < -0.39 is 106 Å². The van der Waals surface area contributed by atoms with Crippen LogP contribution in [0.4, 0.5) is 176 Å². The van der Waals surface area contributed by atoms with E-state index in [9.17, 15) is 176 Å². The van der Waals surface area contributed by atoms with Crippen molar-refractivity contribution in [3.05, 3.63) is 0 Å². The summed E-state index contributed by atoms with van der Waals surface area (Å²) in [6.45, 7) is 0. The van der Waals surface area contributed by atoms with E-state index in [0.717, 1.165) is 0 Å². The largest absolute Gasteiger partial charge is 1.00 e. The van der Waals surface area contributed by atoms with Crippen molar-refractivity contribution in [2.45, 2.75) is 95.5 Å². The van der Waals surface area contributed by atoms with Crippen LogP contribution in [0.1, 0.15) is 0 Å². The highest BCUT2D eigenvalue weighted by Crippen LogP contribution is 2.67. The van der Waals surface area contributed by atoms with E-state index in [4.69, 9.17) is 0 Å². The normalized spacial score (nSPS) is 16.4. The van der Waals surface area contributed by atoms with E-state index in [2.05, 4.69) is 0 Å². The Bertz CT molecular complexity index is 1230. The monoisotopic (exact) mass is 1140 g/mol. The van der Waals surface area contributed by atoms with Gasteiger partial charge in [0.25, 0.3) is 0 Å². The predicted molar refractivity (Wildman–Crippen MR) is 88.5 cm³/mol. The molecule has 0 aliphatic heterocycles. The Morgan fingerprint density at radius 1 is 0.183 bits per heavy atom. The summed E-state index contributed by atoms with van der Waals surface area (Å²) < 4.78 is 496. The first-order valence-corrected chi connectivity index (χ1v) is 11.4. The standard InChI is InChI=1S/2C8F20N.ClH.HI/c2*9-1(10,3(13,14)5(17,18)7(21,22)23)2(11,12)4(15,16)6(19,20)8(24,25)29(26,27)28;;/h;;2*1H/q2*+1;;/p-2. The molecule has 0 aromatic rings. The van der Waals surface area contributed by atoms with E-state index >= 15 is 0 Å². The molecule has 0 aromatic heterocycles. The molecule has 0 fully saturated rings. The summed E-state index contributed by atoms with van der Waals surface area (Å²) in [5, 5.41) is -14.4. The molecule has 60 heavy (non-hydrogen) atoms. The third kappa shape index (κ3) is 8.45. The van der Waals surface area contributed by atoms with Gasteiger partial charge in [-0.1, -0.05) is 0 Å². The molecule has 0 atom stereocenters. The molecule has 0 saturated heterocycles. The van der Waals surface area contributed by atoms with E-state index in [0.29, 0.717) is 0 Å². The fourth-order valence-electron chi connectivity index (χ4n) is 2.63. The molecule has 0 spiro atoms. The topological polar surface area (TPSA) is 0 Å². The van der Waals surface area contributed by atoms with Gasteiger partial charge in [0.05, 0.1) is 26.9 Å². The number of hydrogen-bond donors (Lipinski definition) is 0. The first-order chi connectivity index (χ1) is 24.0. The molecule has 0 bridgehead atoms. The number of quaternary nitrogens is 2. The smallest absolute Gasteiger partial charge is 0.576 e. The van der Waals surface area contributed by atoms with Gasteiger partial charge in [-0.2, -0.15) is 132 Å². The van der Waals surface area contributed by atoms with Crippen LogP contribution in [-0.2, 0) is 0 Å². The van der Waals surface area contributed by atoms with Gasteiger partial charge >= 0.3 is 106 Å². The fraction of sp³-hybridized carbons (Fsp3) is 1.00. The lowest BCUT2D eigenvalue weighted by Crippen LogP contribution is -3.00. The van der Waals surface area contributed by atoms with Gasteiger partial charge < -0.3 is 36.4 Å². The second-order valence-corrected chi connectivity index (χ2v) is 9.86. The first kappa shape index (κ1) is 64.8. The molecular formula is C16ClF40IN2. The van der Waals surface area contributed by atoms with Crippen molar-refractivity contribution in [2.24, 2.45) is 0 Å². The summed E-state index contributed by atoms with van der Waals surface area (Å²) in [4.78, 5) is 0. The molecule has 368 valence electrons. The van der Waals surface area contributed by atoms with E-state index in [-0.39, 0.29) is 36.4 Å². The number of halogens is 42. The van der Waals surface area contributed by atoms with Crippen molar-refractivity contribution >= 4 is 0 Å². The second-order valence-electron chi connectivity index (χ2n) is 9.86. The number of nitrogens with zero attached hydrogens (tertiary/aromatic N) is 2. The molecule has 0 heterocycles. The number of alkyl halides is 34. The summed E-state index contributed by atoms with van der Waals surface area (Å²) in [6.07, 6.45) is -15.9. The summed E-state index contributed by atoms with van der Waals surface area (Å²) in [5.74, 6) is -106. The van der Waals surface area contributed by atoms with Gasteiger partial charge in [0.2, 0.25) is 0 Å². The van der Waals surface area contributed by atoms with Crippen molar-refractivity contribution in [3.63, 3.8) is 0 Å². The second kappa shape index (κ2) is 16.0. The van der Waals surface area contributed by atoms with E-state index in [1.807, 2.05) is 0 Å². The van der Waals surface area contributed by atoms with Crippen LogP contribution in [0.3, 0.4) is 0 Å². The molecule has 0 unspecified atom stereocenters. The zero-order valence-electron chi connectivity index (χ0n) is 24.8. The van der Waals surface area contributed by atoms with E-state index in [1.54, 1.807) is 0 Å². The molecule has 0 rings (SSSR count). The Morgan fingerprint density at radius 3 is 0.383 bits per heavy atom. The van der Waals surface area contributed by atoms with Gasteiger partial charge in [0, 0.05) is 0 Å². The highest BCUT2D eigenvalue weighted by Gasteiger charge is 3.01. The Labute approximate surface area is 319 Å². The molecule has 2 nitrogen and oxygen atoms in total. The van der Waals surface area contributed by atoms with Crippen molar-refractivity contribution in [1.82, 2.24) is 0 Å². The minimum absolute atomic E-state index is 0. The zero-order valence-corrected chi connectivity index (χ0v) is 27.7. The summed E-state index contributed by atoms with van der Waals surface area (Å²) in [5.41, 5.74) is 0. The summed E-state index contributed by atoms with van der Waals surface area (Å²) >= 11 is 0. The van der Waals surface area contributed by atoms with Gasteiger partial charge in [0.15, 0.2) is 0 Å². The maximum absolute atomic E-state index is 12.9. The van der Waals surface area contributed by atoms with Gasteiger partial charge in [-0.3, -0.25) is 0 Å². The van der Waals surface area contributed by atoms with Crippen LogP contribution in [0.2, 0.25) is 0 Å². The summed E-state index contributed by atoms with van der Waals surface area (Å²) in [6, 6.07) is -16.9. The number of rotatable bonds is 14. The highest BCUT2D eigenvalue weighted by molar-refractivity contribution is 5.15. The zero-order chi connectivity index (χ0) is 49.0. The molecule has 0 N–H and O–H groups in total. The third-order valence-corrected chi connectivity index (χ3v) is 6.05. The Balaban J connectivity index is -0.000000506. The molecule has 0 amide bonds. The van der Waals surface area contributed by atoms with E-state index in [1.165, 1.54) is 0 Å². The predicted octanol–water partition coefficient (Wildman–Crippen LogP) is 6.86. The van der Waals surface area contributed by atoms with Crippen LogP contribution in [0.25, 0.3) is 0 Å². The van der Waals surface area contributed by atoms with Crippen LogP contribution in [0.15, 0.2) is 0 Å². The summed E-state index contributed by atoms with van der Waals surface area (Å²) in [7, 11) is 0. The van der Waals surface area contributed by atoms with Crippen LogP contribution in [0.5, 0.6) is 0 Å². The van der Waals surface area contributed by atoms with Crippen molar-refractivity contribution < 1.29 is 223 Å². The lowest BCUT2D eigenvalue weighted by Gasteiger charge is -2.41. The molecule has 0 saturated carbocycles. The third-order valence-electron chi connectivity index (χ3n) is 6.05. The maximum atomic E-state index is 12.9. The van der Waals surface area contributed by atoms with Crippen LogP contribution >= 0.6 is 0 Å². The molecule has 0 aromatic carbocycles. The minimum Gasteiger partial charge on any atom is -1.00 e. The lowest BCUT2D eigenvalue weighted by molar-refractivity contribution is -1.32. The maximum Gasteiger partial charge on any atom is 0.576 e. The Hall–Kier alpha value is -1.86. The molecule has 44 heteroatoms. The molecule has 0 aliphatic rings. The minimum atomic E-state index is -9.03. The van der Waals surface area contributed by atoms with Crippen molar-refractivity contribution in [1.29, 1.82) is 0 Å². The first-order valence-electron chi connectivity index (χ1n) is 11.4. The quantitative estimate of drug-likeness (QED) is 0.0774. The molecule has 0 radical (unpaired) electrons. The number of hydrogen-bond acceptors (Lipinski definition) is 0. The van der Waals surface area contributed by atoms with Crippen LogP contribution in [-0.4, -0.2) is 106 Å². The molecular weight excluding hydrogens is 1140 g/mol. The average Bonchev–Trinajstić information content (AvgIpc) is 2.93. The van der Waals surface area contributed by atoms with Gasteiger partial charge in [-0.15, -0.1) is 17.6 Å². The van der Waals surface area contributed by atoms with Crippen LogP contribution in [0, 0.1) is 0 Å². The average molecular weight is 1140 g/mol. The fourth-order valence-corrected chi connectivity index (χ4v) is 2.63.